The van der Waals surface area contributed by atoms with Gasteiger partial charge in [-0.25, -0.2) is 0 Å². The Morgan fingerprint density at radius 3 is 2.83 bits per heavy atom. The zero-order valence-electron chi connectivity index (χ0n) is 10.6. The maximum absolute atomic E-state index is 5.82. The molecule has 18 heavy (non-hydrogen) atoms. The Bertz CT molecular complexity index is 394. The summed E-state index contributed by atoms with van der Waals surface area (Å²) in [6, 6.07) is 2.46. The predicted molar refractivity (Wildman–Crippen MR) is 85.5 cm³/mol. The summed E-state index contributed by atoms with van der Waals surface area (Å²) in [6.45, 7) is 2.30. The Kier molecular flexibility index (Phi) is 5.69. The molecule has 3 N–H and O–H groups in total. The zero-order valence-corrected chi connectivity index (χ0v) is 14.6. The molecule has 0 bridgehead atoms. The molecule has 0 radical (unpaired) electrons. The Hall–Kier alpha value is 0.580. The second-order valence-corrected chi connectivity index (χ2v) is 8.87. The van der Waals surface area contributed by atoms with Gasteiger partial charge in [0.05, 0.1) is 13.6 Å². The standard InChI is InChI=1S/C13H20Br2N2S/c1-2-8-4-3-5-9(6-8)12(17-16)10-7-11(14)18-13(10)15/h7-9,12,17H,2-6,16H2,1H3. The number of halogens is 2. The minimum absolute atomic E-state index is 0.274. The van der Waals surface area contributed by atoms with E-state index in [0.717, 1.165) is 9.70 Å². The molecular formula is C13H20Br2N2S. The van der Waals surface area contributed by atoms with Gasteiger partial charge in [-0.05, 0) is 68.2 Å². The average molecular weight is 396 g/mol. The summed E-state index contributed by atoms with van der Waals surface area (Å²) in [5.41, 5.74) is 4.34. The minimum atomic E-state index is 0.274. The van der Waals surface area contributed by atoms with Crippen molar-refractivity contribution in [1.82, 2.24) is 5.43 Å². The largest absolute Gasteiger partial charge is 0.271 e. The lowest BCUT2D eigenvalue weighted by Crippen LogP contribution is -2.35. The van der Waals surface area contributed by atoms with E-state index in [1.54, 1.807) is 11.3 Å². The van der Waals surface area contributed by atoms with Gasteiger partial charge >= 0.3 is 0 Å². The van der Waals surface area contributed by atoms with Crippen molar-refractivity contribution in [3.05, 3.63) is 19.2 Å². The van der Waals surface area contributed by atoms with Crippen LogP contribution in [0.2, 0.25) is 0 Å². The summed E-state index contributed by atoms with van der Waals surface area (Å²) in [4.78, 5) is 0. The number of rotatable bonds is 4. The van der Waals surface area contributed by atoms with Crippen LogP contribution in [0.4, 0.5) is 0 Å². The van der Waals surface area contributed by atoms with E-state index in [-0.39, 0.29) is 6.04 Å². The van der Waals surface area contributed by atoms with Crippen molar-refractivity contribution < 1.29 is 0 Å². The molecule has 1 aliphatic rings. The summed E-state index contributed by atoms with van der Waals surface area (Å²) >= 11 is 8.92. The molecule has 5 heteroatoms. The van der Waals surface area contributed by atoms with E-state index in [2.05, 4.69) is 50.3 Å². The van der Waals surface area contributed by atoms with Gasteiger partial charge in [-0.1, -0.05) is 26.2 Å². The topological polar surface area (TPSA) is 38.0 Å². The van der Waals surface area contributed by atoms with Crippen LogP contribution in [0.3, 0.4) is 0 Å². The van der Waals surface area contributed by atoms with Gasteiger partial charge in [0.2, 0.25) is 0 Å². The molecule has 1 saturated carbocycles. The molecule has 3 unspecified atom stereocenters. The fourth-order valence-electron chi connectivity index (χ4n) is 3.05. The number of nitrogens with one attached hydrogen (secondary N) is 1. The summed E-state index contributed by atoms with van der Waals surface area (Å²) in [7, 11) is 0. The first-order chi connectivity index (χ1) is 8.65. The van der Waals surface area contributed by atoms with Crippen LogP contribution in [-0.4, -0.2) is 0 Å². The van der Waals surface area contributed by atoms with Crippen molar-refractivity contribution >= 4 is 43.2 Å². The fraction of sp³-hybridized carbons (Fsp3) is 0.692. The molecule has 1 aromatic heterocycles. The van der Waals surface area contributed by atoms with Crippen LogP contribution in [0.25, 0.3) is 0 Å². The summed E-state index contributed by atoms with van der Waals surface area (Å²) in [5, 5.41) is 0. The zero-order chi connectivity index (χ0) is 13.1. The molecule has 3 atom stereocenters. The van der Waals surface area contributed by atoms with Crippen LogP contribution >= 0.6 is 43.2 Å². The number of hydrogen-bond acceptors (Lipinski definition) is 3. The third-order valence-electron chi connectivity index (χ3n) is 4.07. The smallest absolute Gasteiger partial charge is 0.0758 e. The highest BCUT2D eigenvalue weighted by molar-refractivity contribution is 9.12. The average Bonchev–Trinajstić information content (AvgIpc) is 2.70. The van der Waals surface area contributed by atoms with Crippen molar-refractivity contribution in [1.29, 1.82) is 0 Å². The van der Waals surface area contributed by atoms with Crippen LogP contribution in [-0.2, 0) is 0 Å². The van der Waals surface area contributed by atoms with E-state index >= 15 is 0 Å². The molecule has 0 aromatic carbocycles. The van der Waals surface area contributed by atoms with Gasteiger partial charge in [0.25, 0.3) is 0 Å². The number of nitrogens with two attached hydrogens (primary N) is 1. The maximum Gasteiger partial charge on any atom is 0.0758 e. The highest BCUT2D eigenvalue weighted by Crippen LogP contribution is 2.43. The van der Waals surface area contributed by atoms with Crippen molar-refractivity contribution in [2.75, 3.05) is 0 Å². The van der Waals surface area contributed by atoms with Gasteiger partial charge < -0.3 is 0 Å². The minimum Gasteiger partial charge on any atom is -0.271 e. The van der Waals surface area contributed by atoms with E-state index in [9.17, 15) is 0 Å². The number of hydrogen-bond donors (Lipinski definition) is 2. The van der Waals surface area contributed by atoms with Crippen LogP contribution in [0.5, 0.6) is 0 Å². The molecule has 2 rings (SSSR count). The molecule has 1 aromatic rings. The van der Waals surface area contributed by atoms with Crippen molar-refractivity contribution in [3.63, 3.8) is 0 Å². The van der Waals surface area contributed by atoms with Crippen LogP contribution in [0.15, 0.2) is 13.6 Å². The Balaban J connectivity index is 2.15. The molecule has 1 aliphatic carbocycles. The summed E-state index contributed by atoms with van der Waals surface area (Å²) in [6.07, 6.45) is 6.60. The van der Waals surface area contributed by atoms with Gasteiger partial charge in [-0.3, -0.25) is 11.3 Å². The molecule has 1 heterocycles. The maximum atomic E-state index is 5.82. The second-order valence-electron chi connectivity index (χ2n) is 5.12. The first-order valence-electron chi connectivity index (χ1n) is 6.56. The lowest BCUT2D eigenvalue weighted by atomic mass is 9.76. The summed E-state index contributed by atoms with van der Waals surface area (Å²) in [5.74, 6) is 7.35. The third-order valence-corrected chi connectivity index (χ3v) is 6.46. The Morgan fingerprint density at radius 2 is 2.28 bits per heavy atom. The lowest BCUT2D eigenvalue weighted by molar-refractivity contribution is 0.210. The molecule has 0 spiro atoms. The lowest BCUT2D eigenvalue weighted by Gasteiger charge is -2.34. The number of thiophene rings is 1. The Labute approximate surface area is 130 Å². The van der Waals surface area contributed by atoms with Crippen molar-refractivity contribution in [3.8, 4) is 0 Å². The van der Waals surface area contributed by atoms with E-state index in [1.807, 2.05) is 0 Å². The van der Waals surface area contributed by atoms with E-state index in [0.29, 0.717) is 5.92 Å². The summed E-state index contributed by atoms with van der Waals surface area (Å²) < 4.78 is 2.35. The molecule has 2 nitrogen and oxygen atoms in total. The highest BCUT2D eigenvalue weighted by Gasteiger charge is 2.30. The van der Waals surface area contributed by atoms with Crippen LogP contribution in [0.1, 0.15) is 50.6 Å². The van der Waals surface area contributed by atoms with Gasteiger partial charge in [0.15, 0.2) is 0 Å². The SMILES string of the molecule is CCC1CCCC(C(NN)c2cc(Br)sc2Br)C1. The third kappa shape index (κ3) is 3.37. The number of hydrazine groups is 1. The van der Waals surface area contributed by atoms with Crippen LogP contribution in [0, 0.1) is 11.8 Å². The predicted octanol–water partition coefficient (Wildman–Crippen LogP) is 4.99. The van der Waals surface area contributed by atoms with Gasteiger partial charge in [-0.15, -0.1) is 11.3 Å². The molecular weight excluding hydrogens is 376 g/mol. The molecule has 1 fully saturated rings. The second kappa shape index (κ2) is 6.84. The van der Waals surface area contributed by atoms with E-state index in [1.165, 1.54) is 41.5 Å². The first kappa shape index (κ1) is 15.0. The fourth-order valence-corrected chi connectivity index (χ4v) is 5.98. The molecule has 102 valence electrons. The first-order valence-corrected chi connectivity index (χ1v) is 8.96. The van der Waals surface area contributed by atoms with Crippen LogP contribution < -0.4 is 11.3 Å². The Morgan fingerprint density at radius 1 is 1.50 bits per heavy atom. The van der Waals surface area contributed by atoms with Crippen molar-refractivity contribution in [2.45, 2.75) is 45.1 Å². The molecule has 0 aliphatic heterocycles. The van der Waals surface area contributed by atoms with E-state index < -0.39 is 0 Å². The van der Waals surface area contributed by atoms with Gasteiger partial charge in [0.1, 0.15) is 0 Å². The van der Waals surface area contributed by atoms with Crippen molar-refractivity contribution in [2.24, 2.45) is 17.7 Å². The molecule has 0 amide bonds. The normalized spacial score (nSPS) is 26.2. The monoisotopic (exact) mass is 394 g/mol. The van der Waals surface area contributed by atoms with E-state index in [4.69, 9.17) is 5.84 Å². The quantitative estimate of drug-likeness (QED) is 0.556. The van der Waals surface area contributed by atoms with Gasteiger partial charge in [0, 0.05) is 0 Å². The van der Waals surface area contributed by atoms with Gasteiger partial charge in [-0.2, -0.15) is 0 Å². The highest BCUT2D eigenvalue weighted by atomic mass is 79.9. The molecule has 0 saturated heterocycles.